The molecule has 0 aliphatic carbocycles. The summed E-state index contributed by atoms with van der Waals surface area (Å²) in [6.45, 7) is 2.49. The van der Waals surface area contributed by atoms with Crippen LogP contribution >= 0.6 is 0 Å². The fourth-order valence-corrected chi connectivity index (χ4v) is 2.28. The summed E-state index contributed by atoms with van der Waals surface area (Å²) in [7, 11) is 0. The Balaban J connectivity index is 3.58. The van der Waals surface area contributed by atoms with Gasteiger partial charge in [-0.1, -0.05) is 74.8 Å². The van der Waals surface area contributed by atoms with E-state index in [1.807, 2.05) is 18.2 Å². The summed E-state index contributed by atoms with van der Waals surface area (Å²) in [6.07, 6.45) is 24.2. The topological polar surface area (TPSA) is 69.6 Å². The van der Waals surface area contributed by atoms with Crippen molar-refractivity contribution in [1.82, 2.24) is 5.32 Å². The summed E-state index contributed by atoms with van der Waals surface area (Å²) in [5, 5.41) is 21.0. The van der Waals surface area contributed by atoms with Gasteiger partial charge in [-0.3, -0.25) is 4.79 Å². The van der Waals surface area contributed by atoms with Crippen molar-refractivity contribution in [2.75, 3.05) is 13.2 Å². The highest BCUT2D eigenvalue weighted by Crippen LogP contribution is 2.04. The van der Waals surface area contributed by atoms with Gasteiger partial charge in [0.25, 0.3) is 0 Å². The molecule has 0 bridgehead atoms. The fourth-order valence-electron chi connectivity index (χ4n) is 2.28. The largest absolute Gasteiger partial charge is 0.395 e. The Bertz CT molecular complexity index is 439. The van der Waals surface area contributed by atoms with Crippen LogP contribution in [0.5, 0.6) is 0 Å². The normalized spacial score (nSPS) is 13.5. The van der Waals surface area contributed by atoms with E-state index < -0.39 is 0 Å². The summed E-state index contributed by atoms with van der Waals surface area (Å²) in [4.78, 5) is 11.3. The fraction of sp³-hybridized carbons (Fsp3) is 0.591. The Morgan fingerprint density at radius 1 is 1.00 bits per heavy atom. The van der Waals surface area contributed by atoms with Crippen molar-refractivity contribution in [3.05, 3.63) is 48.6 Å². The zero-order valence-electron chi connectivity index (χ0n) is 16.3. The van der Waals surface area contributed by atoms with Gasteiger partial charge in [0.2, 0.25) is 5.91 Å². The van der Waals surface area contributed by atoms with E-state index in [0.717, 1.165) is 38.5 Å². The smallest absolute Gasteiger partial charge is 0.220 e. The molecule has 26 heavy (non-hydrogen) atoms. The van der Waals surface area contributed by atoms with Gasteiger partial charge in [0, 0.05) is 13.0 Å². The third-order valence-corrected chi connectivity index (χ3v) is 3.77. The number of hydrogen-bond donors (Lipinski definition) is 3. The molecule has 0 saturated heterocycles. The lowest BCUT2D eigenvalue weighted by Crippen LogP contribution is -2.25. The minimum Gasteiger partial charge on any atom is -0.395 e. The second-order valence-electron chi connectivity index (χ2n) is 6.26. The number of unbranched alkanes of at least 4 members (excludes halogenated alkanes) is 3. The van der Waals surface area contributed by atoms with Crippen molar-refractivity contribution >= 4 is 5.91 Å². The first-order valence-corrected chi connectivity index (χ1v) is 9.89. The maximum atomic E-state index is 11.3. The van der Waals surface area contributed by atoms with E-state index in [1.165, 1.54) is 12.8 Å². The van der Waals surface area contributed by atoms with Crippen LogP contribution in [0.1, 0.15) is 64.7 Å². The first-order valence-electron chi connectivity index (χ1n) is 9.89. The maximum Gasteiger partial charge on any atom is 0.220 e. The number of amides is 1. The number of rotatable bonds is 16. The molecule has 148 valence electrons. The van der Waals surface area contributed by atoms with Gasteiger partial charge in [-0.05, 0) is 32.1 Å². The lowest BCUT2D eigenvalue weighted by atomic mass is 10.1. The van der Waals surface area contributed by atoms with Gasteiger partial charge in [-0.15, -0.1) is 0 Å². The second kappa shape index (κ2) is 19.7. The van der Waals surface area contributed by atoms with E-state index in [1.54, 1.807) is 0 Å². The van der Waals surface area contributed by atoms with Crippen LogP contribution in [-0.4, -0.2) is 35.4 Å². The highest BCUT2D eigenvalue weighted by Gasteiger charge is 1.98. The second-order valence-corrected chi connectivity index (χ2v) is 6.26. The molecule has 0 fully saturated rings. The number of carbonyl (C=O) groups excluding carboxylic acids is 1. The molecule has 0 aromatic rings. The molecule has 0 radical (unpaired) electrons. The van der Waals surface area contributed by atoms with Crippen LogP contribution in [-0.2, 0) is 4.79 Å². The minimum absolute atomic E-state index is 0.00154. The highest BCUT2D eigenvalue weighted by molar-refractivity contribution is 5.75. The summed E-state index contributed by atoms with van der Waals surface area (Å²) in [6, 6.07) is 0. The van der Waals surface area contributed by atoms with Crippen molar-refractivity contribution in [2.45, 2.75) is 70.8 Å². The standard InChI is InChI=1S/C22H37NO3/c1-2-3-13-16-21(25)17-14-11-9-7-5-4-6-8-10-12-15-18-22(26)23-19-20-24/h4-5,8-11,14,17,21,24-25H,2-3,6-7,12-13,15-16,18-20H2,1H3,(H,23,26)/b5-4+,10-8-,11-9-,17-14+/t21-/m0/s1. The summed E-state index contributed by atoms with van der Waals surface area (Å²) >= 11 is 0. The molecule has 0 heterocycles. The maximum absolute atomic E-state index is 11.3. The zero-order valence-corrected chi connectivity index (χ0v) is 16.3. The van der Waals surface area contributed by atoms with Crippen LogP contribution in [0.4, 0.5) is 0 Å². The summed E-state index contributed by atoms with van der Waals surface area (Å²) in [5.74, 6) is 0.00154. The molecule has 0 unspecified atom stereocenters. The molecular weight excluding hydrogens is 326 g/mol. The average Bonchev–Trinajstić information content (AvgIpc) is 2.64. The van der Waals surface area contributed by atoms with Crippen LogP contribution in [0, 0.1) is 0 Å². The Morgan fingerprint density at radius 3 is 2.46 bits per heavy atom. The summed E-state index contributed by atoms with van der Waals surface area (Å²) < 4.78 is 0. The highest BCUT2D eigenvalue weighted by atomic mass is 16.3. The molecule has 0 spiro atoms. The van der Waals surface area contributed by atoms with Crippen LogP contribution in [0.25, 0.3) is 0 Å². The molecule has 1 amide bonds. The van der Waals surface area contributed by atoms with E-state index in [2.05, 4.69) is 42.6 Å². The van der Waals surface area contributed by atoms with Crippen molar-refractivity contribution in [1.29, 1.82) is 0 Å². The van der Waals surface area contributed by atoms with Gasteiger partial charge in [0.1, 0.15) is 0 Å². The van der Waals surface area contributed by atoms with Gasteiger partial charge < -0.3 is 15.5 Å². The average molecular weight is 364 g/mol. The van der Waals surface area contributed by atoms with Gasteiger partial charge in [-0.25, -0.2) is 0 Å². The quantitative estimate of drug-likeness (QED) is 0.218. The van der Waals surface area contributed by atoms with E-state index >= 15 is 0 Å². The van der Waals surface area contributed by atoms with Crippen LogP contribution in [0.3, 0.4) is 0 Å². The van der Waals surface area contributed by atoms with E-state index in [9.17, 15) is 9.90 Å². The number of nitrogens with one attached hydrogen (secondary N) is 1. The third-order valence-electron chi connectivity index (χ3n) is 3.77. The Hall–Kier alpha value is -1.65. The SMILES string of the molecule is CCCCC[C@H](O)/C=C/C=C\C/C=C/C/C=C\CCCC(=O)NCCO. The van der Waals surface area contributed by atoms with Gasteiger partial charge in [-0.2, -0.15) is 0 Å². The number of hydrogen-bond acceptors (Lipinski definition) is 3. The third kappa shape index (κ3) is 18.7. The number of allylic oxidation sites excluding steroid dienone is 7. The van der Waals surface area contributed by atoms with Crippen LogP contribution in [0.15, 0.2) is 48.6 Å². The molecule has 1 atom stereocenters. The van der Waals surface area contributed by atoms with E-state index in [-0.39, 0.29) is 18.6 Å². The molecule has 0 saturated carbocycles. The van der Waals surface area contributed by atoms with Crippen LogP contribution in [0.2, 0.25) is 0 Å². The van der Waals surface area contributed by atoms with Gasteiger partial charge in [0.05, 0.1) is 12.7 Å². The van der Waals surface area contributed by atoms with E-state index in [0.29, 0.717) is 13.0 Å². The molecule has 0 aromatic heterocycles. The zero-order chi connectivity index (χ0) is 19.3. The van der Waals surface area contributed by atoms with Crippen molar-refractivity contribution in [2.24, 2.45) is 0 Å². The first-order chi connectivity index (χ1) is 12.7. The first kappa shape index (κ1) is 24.4. The molecule has 0 aliphatic rings. The van der Waals surface area contributed by atoms with Gasteiger partial charge >= 0.3 is 0 Å². The molecule has 4 heteroatoms. The number of carbonyl (C=O) groups is 1. The van der Waals surface area contributed by atoms with Gasteiger partial charge in [0.15, 0.2) is 0 Å². The molecular formula is C22H37NO3. The molecule has 0 rings (SSSR count). The predicted octanol–water partition coefficient (Wildman–Crippen LogP) is 4.21. The molecule has 0 aromatic carbocycles. The van der Waals surface area contributed by atoms with Crippen LogP contribution < -0.4 is 5.32 Å². The number of aliphatic hydroxyl groups excluding tert-OH is 2. The van der Waals surface area contributed by atoms with Crippen molar-refractivity contribution in [3.63, 3.8) is 0 Å². The Morgan fingerprint density at radius 2 is 1.73 bits per heavy atom. The predicted molar refractivity (Wildman–Crippen MR) is 110 cm³/mol. The number of aliphatic hydroxyl groups is 2. The Labute approximate surface area is 159 Å². The molecule has 4 nitrogen and oxygen atoms in total. The van der Waals surface area contributed by atoms with E-state index in [4.69, 9.17) is 5.11 Å². The monoisotopic (exact) mass is 363 g/mol. The van der Waals surface area contributed by atoms with Crippen molar-refractivity contribution < 1.29 is 15.0 Å². The lowest BCUT2D eigenvalue weighted by molar-refractivity contribution is -0.121. The minimum atomic E-state index is -0.326. The molecule has 0 aliphatic heterocycles. The lowest BCUT2D eigenvalue weighted by Gasteiger charge is -2.02. The summed E-state index contributed by atoms with van der Waals surface area (Å²) in [5.41, 5.74) is 0. The van der Waals surface area contributed by atoms with Crippen molar-refractivity contribution in [3.8, 4) is 0 Å². The Kier molecular flexibility index (Phi) is 18.4. The molecule has 3 N–H and O–H groups in total.